The fourth-order valence-electron chi connectivity index (χ4n) is 2.51. The highest BCUT2D eigenvalue weighted by molar-refractivity contribution is 7.99. The maximum atomic E-state index is 12.2. The first kappa shape index (κ1) is 18.1. The minimum absolute atomic E-state index is 0.112. The number of hydrogen-bond acceptors (Lipinski definition) is 5. The molecule has 0 spiro atoms. The summed E-state index contributed by atoms with van der Waals surface area (Å²) in [7, 11) is 0. The van der Waals surface area contributed by atoms with E-state index in [1.807, 2.05) is 42.7 Å². The number of rotatable bonds is 6. The molecule has 0 aliphatic heterocycles. The average Bonchev–Trinajstić information content (AvgIpc) is 3.05. The van der Waals surface area contributed by atoms with Gasteiger partial charge in [0.25, 0.3) is 0 Å². The van der Waals surface area contributed by atoms with Crippen molar-refractivity contribution in [3.05, 3.63) is 53.7 Å². The summed E-state index contributed by atoms with van der Waals surface area (Å²) in [5.74, 6) is 1.55. The summed E-state index contributed by atoms with van der Waals surface area (Å²) in [4.78, 5) is 16.4. The van der Waals surface area contributed by atoms with E-state index >= 15 is 0 Å². The maximum absolute atomic E-state index is 12.2. The third-order valence-electron chi connectivity index (χ3n) is 3.94. The smallest absolute Gasteiger partial charge is 0.236 e. The van der Waals surface area contributed by atoms with Crippen LogP contribution in [0.25, 0.3) is 11.4 Å². The highest BCUT2D eigenvalue weighted by Crippen LogP contribution is 2.24. The van der Waals surface area contributed by atoms with Crippen LogP contribution >= 0.6 is 11.8 Å². The van der Waals surface area contributed by atoms with Gasteiger partial charge in [-0.15, -0.1) is 10.2 Å². The minimum atomic E-state index is -0.112. The van der Waals surface area contributed by atoms with Crippen molar-refractivity contribution in [2.75, 3.05) is 11.1 Å². The minimum Gasteiger partial charge on any atom is -0.310 e. The molecule has 1 N–H and O–H groups in total. The molecule has 3 rings (SSSR count). The zero-order chi connectivity index (χ0) is 18.5. The van der Waals surface area contributed by atoms with E-state index in [2.05, 4.69) is 39.6 Å². The van der Waals surface area contributed by atoms with Gasteiger partial charge < -0.3 is 9.88 Å². The molecule has 2 heterocycles. The van der Waals surface area contributed by atoms with Crippen molar-refractivity contribution >= 4 is 23.5 Å². The molecule has 0 saturated carbocycles. The van der Waals surface area contributed by atoms with E-state index in [9.17, 15) is 4.79 Å². The fourth-order valence-corrected chi connectivity index (χ4v) is 3.31. The second kappa shape index (κ2) is 8.14. The van der Waals surface area contributed by atoms with E-state index in [4.69, 9.17) is 0 Å². The highest BCUT2D eigenvalue weighted by atomic mass is 32.2. The monoisotopic (exact) mass is 367 g/mol. The third-order valence-corrected chi connectivity index (χ3v) is 4.91. The number of aryl methyl sites for hydroxylation is 2. The van der Waals surface area contributed by atoms with Crippen LogP contribution in [0.1, 0.15) is 18.1 Å². The molecule has 0 aliphatic carbocycles. The van der Waals surface area contributed by atoms with Gasteiger partial charge >= 0.3 is 0 Å². The van der Waals surface area contributed by atoms with Crippen LogP contribution in [0.15, 0.2) is 47.8 Å². The first-order valence-electron chi connectivity index (χ1n) is 8.43. The summed E-state index contributed by atoms with van der Waals surface area (Å²) < 4.78 is 2.02. The van der Waals surface area contributed by atoms with Crippen LogP contribution in [-0.4, -0.2) is 31.4 Å². The maximum Gasteiger partial charge on any atom is 0.236 e. The van der Waals surface area contributed by atoms with Gasteiger partial charge in [0, 0.05) is 18.3 Å². The molecule has 1 aromatic carbocycles. The summed E-state index contributed by atoms with van der Waals surface area (Å²) in [5, 5.41) is 12.1. The van der Waals surface area contributed by atoms with Gasteiger partial charge in [0.15, 0.2) is 11.0 Å². The number of thioether (sulfide) groups is 1. The Labute approximate surface area is 157 Å². The lowest BCUT2D eigenvalue weighted by Gasteiger charge is -2.08. The number of carbonyl (C=O) groups is 1. The number of hydrogen-bond donors (Lipinski definition) is 1. The molecule has 7 heteroatoms. The number of benzene rings is 1. The van der Waals surface area contributed by atoms with Crippen LogP contribution < -0.4 is 5.32 Å². The quantitative estimate of drug-likeness (QED) is 0.673. The van der Waals surface area contributed by atoms with Gasteiger partial charge in [-0.25, -0.2) is 4.98 Å². The molecule has 3 aromatic rings. The zero-order valence-corrected chi connectivity index (χ0v) is 15.9. The lowest BCUT2D eigenvalue weighted by Crippen LogP contribution is -2.16. The van der Waals surface area contributed by atoms with Crippen LogP contribution in [0.3, 0.4) is 0 Å². The molecule has 6 nitrogen and oxygen atoms in total. The number of pyridine rings is 1. The van der Waals surface area contributed by atoms with E-state index < -0.39 is 0 Å². The van der Waals surface area contributed by atoms with Gasteiger partial charge in [-0.2, -0.15) is 0 Å². The summed E-state index contributed by atoms with van der Waals surface area (Å²) >= 11 is 1.37. The van der Waals surface area contributed by atoms with E-state index in [0.717, 1.165) is 28.7 Å². The predicted molar refractivity (Wildman–Crippen MR) is 104 cm³/mol. The summed E-state index contributed by atoms with van der Waals surface area (Å²) in [5.41, 5.74) is 3.15. The van der Waals surface area contributed by atoms with Crippen LogP contribution in [0.5, 0.6) is 0 Å². The van der Waals surface area contributed by atoms with Crippen molar-refractivity contribution < 1.29 is 4.79 Å². The van der Waals surface area contributed by atoms with E-state index in [-0.39, 0.29) is 11.7 Å². The Morgan fingerprint density at radius 2 is 1.92 bits per heavy atom. The topological polar surface area (TPSA) is 72.7 Å². The van der Waals surface area contributed by atoms with Crippen molar-refractivity contribution in [1.29, 1.82) is 0 Å². The van der Waals surface area contributed by atoms with Gasteiger partial charge in [0.1, 0.15) is 5.82 Å². The first-order chi connectivity index (χ1) is 12.6. The summed E-state index contributed by atoms with van der Waals surface area (Å²) in [6.07, 6.45) is 1.66. The van der Waals surface area contributed by atoms with Crippen LogP contribution in [0.4, 0.5) is 5.82 Å². The van der Waals surface area contributed by atoms with E-state index in [1.165, 1.54) is 17.3 Å². The number of nitrogens with zero attached hydrogens (tertiary/aromatic N) is 4. The van der Waals surface area contributed by atoms with Crippen molar-refractivity contribution in [2.24, 2.45) is 0 Å². The molecule has 26 heavy (non-hydrogen) atoms. The SMILES string of the molecule is CCn1c(SCC(=O)Nc2ncccc2C)nnc1-c1ccc(C)cc1. The standard InChI is InChI=1S/C19H21N5OS/c1-4-24-18(15-9-7-13(2)8-10-15)22-23-19(24)26-12-16(25)21-17-14(3)6-5-11-20-17/h5-11H,4,12H2,1-3H3,(H,20,21,25). The van der Waals surface area contributed by atoms with Gasteiger partial charge in [0.05, 0.1) is 5.75 Å². The molecule has 134 valence electrons. The van der Waals surface area contributed by atoms with Crippen molar-refractivity contribution in [3.63, 3.8) is 0 Å². The highest BCUT2D eigenvalue weighted by Gasteiger charge is 2.15. The Balaban J connectivity index is 1.69. The van der Waals surface area contributed by atoms with Crippen molar-refractivity contribution in [3.8, 4) is 11.4 Å². The second-order valence-electron chi connectivity index (χ2n) is 5.92. The molecule has 0 unspecified atom stereocenters. The van der Waals surface area contributed by atoms with Gasteiger partial charge in [-0.3, -0.25) is 4.79 Å². The second-order valence-corrected chi connectivity index (χ2v) is 6.86. The Kier molecular flexibility index (Phi) is 5.68. The first-order valence-corrected chi connectivity index (χ1v) is 9.41. The fraction of sp³-hybridized carbons (Fsp3) is 0.263. The Morgan fingerprint density at radius 3 is 2.62 bits per heavy atom. The zero-order valence-electron chi connectivity index (χ0n) is 15.1. The number of anilines is 1. The molecule has 0 aliphatic rings. The Bertz CT molecular complexity index is 905. The van der Waals surface area contributed by atoms with Gasteiger partial charge in [-0.1, -0.05) is 47.7 Å². The van der Waals surface area contributed by atoms with E-state index in [0.29, 0.717) is 5.82 Å². The largest absolute Gasteiger partial charge is 0.310 e. The molecule has 0 bridgehead atoms. The van der Waals surface area contributed by atoms with Crippen LogP contribution in [-0.2, 0) is 11.3 Å². The number of carbonyl (C=O) groups excluding carboxylic acids is 1. The molecular weight excluding hydrogens is 346 g/mol. The molecule has 2 aromatic heterocycles. The van der Waals surface area contributed by atoms with Gasteiger partial charge in [-0.05, 0) is 32.4 Å². The lowest BCUT2D eigenvalue weighted by molar-refractivity contribution is -0.113. The van der Waals surface area contributed by atoms with Crippen molar-refractivity contribution in [2.45, 2.75) is 32.5 Å². The van der Waals surface area contributed by atoms with Crippen molar-refractivity contribution in [1.82, 2.24) is 19.7 Å². The molecule has 0 saturated heterocycles. The number of amides is 1. The third kappa shape index (κ3) is 4.11. The normalized spacial score (nSPS) is 10.7. The summed E-state index contributed by atoms with van der Waals surface area (Å²) in [6.45, 7) is 6.75. The van der Waals surface area contributed by atoms with Gasteiger partial charge in [0.2, 0.25) is 5.91 Å². The molecule has 0 atom stereocenters. The predicted octanol–water partition coefficient (Wildman–Crippen LogP) is 3.71. The Hall–Kier alpha value is -2.67. The molecule has 0 radical (unpaired) electrons. The summed E-state index contributed by atoms with van der Waals surface area (Å²) in [6, 6.07) is 11.9. The molecule has 1 amide bonds. The lowest BCUT2D eigenvalue weighted by atomic mass is 10.1. The molecular formula is C19H21N5OS. The number of nitrogens with one attached hydrogen (secondary N) is 1. The number of aromatic nitrogens is 4. The van der Waals surface area contributed by atoms with Crippen LogP contribution in [0, 0.1) is 13.8 Å². The molecule has 0 fully saturated rings. The Morgan fingerprint density at radius 1 is 1.15 bits per heavy atom. The average molecular weight is 367 g/mol. The van der Waals surface area contributed by atoms with E-state index in [1.54, 1.807) is 6.20 Å². The van der Waals surface area contributed by atoms with Crippen LogP contribution in [0.2, 0.25) is 0 Å².